The van der Waals surface area contributed by atoms with Crippen LogP contribution in [0.5, 0.6) is 0 Å². The molecule has 0 amide bonds. The molecule has 0 unspecified atom stereocenters. The average Bonchev–Trinajstić information content (AvgIpc) is 2.74. The van der Waals surface area contributed by atoms with Crippen LogP contribution in [0.15, 0.2) is 41.5 Å². The summed E-state index contributed by atoms with van der Waals surface area (Å²) in [5.41, 5.74) is 2.82. The quantitative estimate of drug-likeness (QED) is 0.716. The summed E-state index contributed by atoms with van der Waals surface area (Å²) < 4.78 is 1.45. The summed E-state index contributed by atoms with van der Waals surface area (Å²) in [6.45, 7) is 1.80. The maximum absolute atomic E-state index is 12.0. The highest BCUT2D eigenvalue weighted by molar-refractivity contribution is 5.76. The van der Waals surface area contributed by atoms with Crippen LogP contribution in [-0.2, 0) is 0 Å². The number of aromatic amines is 1. The van der Waals surface area contributed by atoms with Crippen LogP contribution in [0.4, 0.5) is 0 Å². The van der Waals surface area contributed by atoms with E-state index in [2.05, 4.69) is 16.0 Å². The van der Waals surface area contributed by atoms with Gasteiger partial charge in [0.1, 0.15) is 11.7 Å². The molecule has 3 aromatic rings. The topological polar surface area (TPSA) is 73.9 Å². The van der Waals surface area contributed by atoms with Crippen molar-refractivity contribution in [3.05, 3.63) is 58.3 Å². The summed E-state index contributed by atoms with van der Waals surface area (Å²) in [5.74, 6) is 0. The molecule has 19 heavy (non-hydrogen) atoms. The molecule has 0 radical (unpaired) electrons. The molecule has 92 valence electrons. The van der Waals surface area contributed by atoms with E-state index in [9.17, 15) is 10.1 Å². The Morgan fingerprint density at radius 2 is 2.05 bits per heavy atom. The van der Waals surface area contributed by atoms with E-state index in [0.717, 1.165) is 5.56 Å². The Balaban J connectivity index is 2.55. The maximum Gasteiger partial charge on any atom is 0.332 e. The summed E-state index contributed by atoms with van der Waals surface area (Å²) in [4.78, 5) is 18.7. The van der Waals surface area contributed by atoms with Gasteiger partial charge in [0, 0.05) is 11.1 Å². The zero-order valence-corrected chi connectivity index (χ0v) is 10.2. The minimum absolute atomic E-state index is 0.298. The number of aromatic nitrogens is 3. The molecule has 0 bridgehead atoms. The van der Waals surface area contributed by atoms with Crippen LogP contribution >= 0.6 is 0 Å². The lowest BCUT2D eigenvalue weighted by molar-refractivity contribution is 0.958. The van der Waals surface area contributed by atoms with E-state index in [1.165, 1.54) is 10.7 Å². The first-order valence-electron chi connectivity index (χ1n) is 5.78. The molecule has 0 atom stereocenters. The number of nitrogens with zero attached hydrogens (tertiary/aromatic N) is 3. The predicted octanol–water partition coefficient (Wildman–Crippen LogP) is 1.87. The number of hydrogen-bond donors (Lipinski definition) is 1. The first-order chi connectivity index (χ1) is 9.24. The molecule has 5 nitrogen and oxygen atoms in total. The van der Waals surface area contributed by atoms with Gasteiger partial charge in [-0.3, -0.25) is 4.98 Å². The van der Waals surface area contributed by atoms with Gasteiger partial charge in [0.05, 0.1) is 17.6 Å². The van der Waals surface area contributed by atoms with Crippen molar-refractivity contribution in [2.75, 3.05) is 0 Å². The summed E-state index contributed by atoms with van der Waals surface area (Å²) in [6, 6.07) is 11.5. The molecule has 1 aromatic carbocycles. The zero-order chi connectivity index (χ0) is 13.4. The molecule has 0 fully saturated rings. The van der Waals surface area contributed by atoms with E-state index in [1.54, 1.807) is 6.92 Å². The Bertz CT molecular complexity index is 853. The minimum atomic E-state index is -0.298. The normalized spacial score (nSPS) is 10.5. The van der Waals surface area contributed by atoms with E-state index in [0.29, 0.717) is 22.5 Å². The average molecular weight is 250 g/mol. The Labute approximate surface area is 108 Å². The fraction of sp³-hybridized carbons (Fsp3) is 0.0714. The van der Waals surface area contributed by atoms with Crippen LogP contribution in [0.2, 0.25) is 0 Å². The largest absolute Gasteiger partial charge is 0.332 e. The fourth-order valence-electron chi connectivity index (χ4n) is 2.25. The van der Waals surface area contributed by atoms with Crippen molar-refractivity contribution in [3.63, 3.8) is 0 Å². The third-order valence-corrected chi connectivity index (χ3v) is 3.12. The Kier molecular flexibility index (Phi) is 2.43. The number of H-pyrrole nitrogens is 1. The summed E-state index contributed by atoms with van der Waals surface area (Å²) in [5, 5.41) is 9.35. The van der Waals surface area contributed by atoms with Gasteiger partial charge in [0.2, 0.25) is 0 Å². The van der Waals surface area contributed by atoms with Gasteiger partial charge in [-0.2, -0.15) is 5.26 Å². The highest BCUT2D eigenvalue weighted by Crippen LogP contribution is 2.28. The van der Waals surface area contributed by atoms with Gasteiger partial charge in [0.25, 0.3) is 0 Å². The molecule has 0 aliphatic carbocycles. The lowest BCUT2D eigenvalue weighted by atomic mass is 10.1. The summed E-state index contributed by atoms with van der Waals surface area (Å²) in [7, 11) is 0. The van der Waals surface area contributed by atoms with Crippen molar-refractivity contribution in [1.82, 2.24) is 14.4 Å². The Morgan fingerprint density at radius 3 is 2.74 bits per heavy atom. The number of fused-ring (bicyclic) bond motifs is 1. The van der Waals surface area contributed by atoms with Crippen molar-refractivity contribution < 1.29 is 0 Å². The predicted molar refractivity (Wildman–Crippen MR) is 70.7 cm³/mol. The molecular formula is C14H10N4O. The monoisotopic (exact) mass is 250 g/mol. The first kappa shape index (κ1) is 11.2. The standard InChI is InChI=1S/C14H10N4O/c1-9-11(7-15)12(10-5-3-2-4-6-10)18-13(9)16-8-17-14(18)19/h2-6,8H,1H3,(H,16,17,19). The van der Waals surface area contributed by atoms with Crippen LogP contribution in [0.3, 0.4) is 0 Å². The lowest BCUT2D eigenvalue weighted by Gasteiger charge is -2.01. The van der Waals surface area contributed by atoms with Gasteiger partial charge >= 0.3 is 5.69 Å². The van der Waals surface area contributed by atoms with Crippen LogP contribution in [0, 0.1) is 18.3 Å². The fourth-order valence-corrected chi connectivity index (χ4v) is 2.25. The molecule has 5 heteroatoms. The number of nitriles is 1. The molecular weight excluding hydrogens is 240 g/mol. The number of rotatable bonds is 1. The number of nitrogens with one attached hydrogen (secondary N) is 1. The van der Waals surface area contributed by atoms with Gasteiger partial charge < -0.3 is 0 Å². The Morgan fingerprint density at radius 1 is 1.32 bits per heavy atom. The maximum atomic E-state index is 12.0. The van der Waals surface area contributed by atoms with Crippen LogP contribution < -0.4 is 5.69 Å². The van der Waals surface area contributed by atoms with Crippen molar-refractivity contribution in [3.8, 4) is 17.3 Å². The smallest absolute Gasteiger partial charge is 0.298 e. The van der Waals surface area contributed by atoms with Crippen LogP contribution in [0.25, 0.3) is 16.9 Å². The molecule has 2 heterocycles. The molecule has 0 spiro atoms. The van der Waals surface area contributed by atoms with Gasteiger partial charge in [-0.1, -0.05) is 30.3 Å². The van der Waals surface area contributed by atoms with E-state index >= 15 is 0 Å². The number of aryl methyl sites for hydroxylation is 1. The molecule has 0 aliphatic heterocycles. The molecule has 2 aromatic heterocycles. The van der Waals surface area contributed by atoms with Gasteiger partial charge in [-0.15, -0.1) is 0 Å². The number of benzene rings is 1. The molecule has 3 rings (SSSR count). The highest BCUT2D eigenvalue weighted by atomic mass is 16.1. The Hall–Kier alpha value is -2.87. The molecule has 0 aliphatic rings. The third kappa shape index (κ3) is 1.54. The van der Waals surface area contributed by atoms with E-state index in [4.69, 9.17) is 0 Å². The minimum Gasteiger partial charge on any atom is -0.298 e. The van der Waals surface area contributed by atoms with Gasteiger partial charge in [0.15, 0.2) is 0 Å². The van der Waals surface area contributed by atoms with Gasteiger partial charge in [-0.05, 0) is 6.92 Å². The van der Waals surface area contributed by atoms with E-state index < -0.39 is 0 Å². The van der Waals surface area contributed by atoms with Crippen LogP contribution in [-0.4, -0.2) is 14.4 Å². The highest BCUT2D eigenvalue weighted by Gasteiger charge is 2.19. The summed E-state index contributed by atoms with van der Waals surface area (Å²) in [6.07, 6.45) is 1.35. The molecule has 0 saturated carbocycles. The van der Waals surface area contributed by atoms with Crippen molar-refractivity contribution >= 4 is 5.65 Å². The zero-order valence-electron chi connectivity index (χ0n) is 10.2. The SMILES string of the molecule is Cc1c(C#N)c(-c2ccccc2)n2c(=O)[nH]cnc12. The molecule has 1 N–H and O–H groups in total. The van der Waals surface area contributed by atoms with E-state index in [1.807, 2.05) is 30.3 Å². The second-order valence-corrected chi connectivity index (χ2v) is 4.19. The second-order valence-electron chi connectivity index (χ2n) is 4.19. The lowest BCUT2D eigenvalue weighted by Crippen LogP contribution is -2.17. The van der Waals surface area contributed by atoms with E-state index in [-0.39, 0.29) is 5.69 Å². The third-order valence-electron chi connectivity index (χ3n) is 3.12. The van der Waals surface area contributed by atoms with Crippen LogP contribution in [0.1, 0.15) is 11.1 Å². The molecule has 0 saturated heterocycles. The second kappa shape index (κ2) is 4.10. The van der Waals surface area contributed by atoms with Gasteiger partial charge in [-0.25, -0.2) is 14.2 Å². The first-order valence-corrected chi connectivity index (χ1v) is 5.78. The van der Waals surface area contributed by atoms with Crippen molar-refractivity contribution in [2.24, 2.45) is 0 Å². The van der Waals surface area contributed by atoms with Crippen molar-refractivity contribution in [2.45, 2.75) is 6.92 Å². The summed E-state index contributed by atoms with van der Waals surface area (Å²) >= 11 is 0. The number of hydrogen-bond acceptors (Lipinski definition) is 3. The van der Waals surface area contributed by atoms with Crippen molar-refractivity contribution in [1.29, 1.82) is 5.26 Å².